The van der Waals surface area contributed by atoms with Crippen molar-refractivity contribution in [1.29, 1.82) is 0 Å². The molecule has 0 saturated carbocycles. The highest BCUT2D eigenvalue weighted by atomic mass is 32.2. The Morgan fingerprint density at radius 1 is 1.62 bits per heavy atom. The van der Waals surface area contributed by atoms with Crippen molar-refractivity contribution in [3.8, 4) is 0 Å². The van der Waals surface area contributed by atoms with Gasteiger partial charge in [0.1, 0.15) is 0 Å². The first kappa shape index (κ1) is 12.2. The van der Waals surface area contributed by atoms with E-state index < -0.39 is 0 Å². The van der Waals surface area contributed by atoms with Gasteiger partial charge in [0, 0.05) is 6.54 Å². The van der Waals surface area contributed by atoms with Crippen LogP contribution < -0.4 is 10.6 Å². The molecule has 4 heteroatoms. The molecule has 0 radical (unpaired) electrons. The molecule has 2 aliphatic heterocycles. The topological polar surface area (TPSA) is 41.1 Å². The van der Waals surface area contributed by atoms with Gasteiger partial charge in [0.25, 0.3) is 0 Å². The van der Waals surface area contributed by atoms with Crippen LogP contribution in [0.2, 0.25) is 0 Å². The molecule has 3 nitrogen and oxygen atoms in total. The Morgan fingerprint density at radius 2 is 2.50 bits per heavy atom. The maximum absolute atomic E-state index is 12.0. The number of hydrogen-bond donors (Lipinski definition) is 2. The van der Waals surface area contributed by atoms with Crippen molar-refractivity contribution in [3.63, 3.8) is 0 Å². The monoisotopic (exact) mass is 242 g/mol. The molecule has 2 atom stereocenters. The van der Waals surface area contributed by atoms with E-state index in [2.05, 4.69) is 17.6 Å². The van der Waals surface area contributed by atoms with Gasteiger partial charge in [0.2, 0.25) is 5.91 Å². The number of hydrogen-bond acceptors (Lipinski definition) is 3. The minimum absolute atomic E-state index is 0.145. The van der Waals surface area contributed by atoms with Gasteiger partial charge in [-0.1, -0.05) is 0 Å². The summed E-state index contributed by atoms with van der Waals surface area (Å²) in [6, 6.07) is 0. The maximum Gasteiger partial charge on any atom is 0.235 e. The van der Waals surface area contributed by atoms with Crippen LogP contribution in [-0.4, -0.2) is 36.0 Å². The number of carbonyl (C=O) groups excluding carboxylic acids is 1. The SMILES string of the molecule is CC1(C(=O)NCCC2CCNC2)CCCS1. The van der Waals surface area contributed by atoms with Crippen molar-refractivity contribution in [2.24, 2.45) is 5.92 Å². The van der Waals surface area contributed by atoms with Crippen LogP contribution in [0.4, 0.5) is 0 Å². The Hall–Kier alpha value is -0.220. The third kappa shape index (κ3) is 2.92. The molecule has 92 valence electrons. The Labute approximate surface area is 102 Å². The number of thioether (sulfide) groups is 1. The first-order chi connectivity index (χ1) is 7.71. The molecule has 2 saturated heterocycles. The molecule has 16 heavy (non-hydrogen) atoms. The molecule has 2 fully saturated rings. The second-order valence-electron chi connectivity index (χ2n) is 5.09. The summed E-state index contributed by atoms with van der Waals surface area (Å²) in [5, 5.41) is 6.46. The standard InChI is InChI=1S/C12H22N2OS/c1-12(5-2-8-16-12)11(15)14-7-4-10-3-6-13-9-10/h10,13H,2-9H2,1H3,(H,14,15). The van der Waals surface area contributed by atoms with Crippen molar-refractivity contribution >= 4 is 17.7 Å². The molecular formula is C12H22N2OS. The molecule has 0 aliphatic carbocycles. The van der Waals surface area contributed by atoms with Crippen LogP contribution in [0, 0.1) is 5.92 Å². The predicted molar refractivity (Wildman–Crippen MR) is 68.7 cm³/mol. The molecule has 0 spiro atoms. The van der Waals surface area contributed by atoms with Crippen molar-refractivity contribution < 1.29 is 4.79 Å². The van der Waals surface area contributed by atoms with Gasteiger partial charge in [0.05, 0.1) is 4.75 Å². The summed E-state index contributed by atoms with van der Waals surface area (Å²) in [6.07, 6.45) is 4.61. The lowest BCUT2D eigenvalue weighted by Gasteiger charge is -2.21. The van der Waals surface area contributed by atoms with E-state index in [-0.39, 0.29) is 10.7 Å². The predicted octanol–water partition coefficient (Wildman–Crippen LogP) is 1.39. The van der Waals surface area contributed by atoms with E-state index in [1.807, 2.05) is 11.8 Å². The van der Waals surface area contributed by atoms with Gasteiger partial charge in [-0.25, -0.2) is 0 Å². The summed E-state index contributed by atoms with van der Waals surface area (Å²) < 4.78 is -0.145. The summed E-state index contributed by atoms with van der Waals surface area (Å²) in [4.78, 5) is 12.0. The van der Waals surface area contributed by atoms with Crippen LogP contribution in [0.25, 0.3) is 0 Å². The average molecular weight is 242 g/mol. The van der Waals surface area contributed by atoms with Crippen LogP contribution in [0.3, 0.4) is 0 Å². The van der Waals surface area contributed by atoms with Crippen LogP contribution >= 0.6 is 11.8 Å². The van der Waals surface area contributed by atoms with E-state index in [1.165, 1.54) is 12.8 Å². The lowest BCUT2D eigenvalue weighted by atomic mass is 10.0. The lowest BCUT2D eigenvalue weighted by Crippen LogP contribution is -2.41. The smallest absolute Gasteiger partial charge is 0.235 e. The van der Waals surface area contributed by atoms with Gasteiger partial charge in [0.15, 0.2) is 0 Å². The molecule has 2 rings (SSSR count). The summed E-state index contributed by atoms with van der Waals surface area (Å²) in [5.41, 5.74) is 0. The Bertz CT molecular complexity index is 245. The van der Waals surface area contributed by atoms with Crippen LogP contribution in [0.15, 0.2) is 0 Å². The Balaban J connectivity index is 1.67. The number of rotatable bonds is 4. The fourth-order valence-electron chi connectivity index (χ4n) is 2.50. The van der Waals surface area contributed by atoms with Crippen LogP contribution in [0.1, 0.15) is 32.6 Å². The van der Waals surface area contributed by atoms with Crippen molar-refractivity contribution in [2.45, 2.75) is 37.4 Å². The zero-order valence-electron chi connectivity index (χ0n) is 10.1. The average Bonchev–Trinajstić information content (AvgIpc) is 2.90. The van der Waals surface area contributed by atoms with Crippen molar-refractivity contribution in [2.75, 3.05) is 25.4 Å². The molecule has 1 amide bonds. The number of nitrogens with one attached hydrogen (secondary N) is 2. The van der Waals surface area contributed by atoms with Gasteiger partial charge < -0.3 is 10.6 Å². The molecule has 0 aromatic heterocycles. The first-order valence-corrected chi connectivity index (χ1v) is 7.32. The zero-order chi connectivity index (χ0) is 11.4. The summed E-state index contributed by atoms with van der Waals surface area (Å²) in [5.74, 6) is 2.15. The first-order valence-electron chi connectivity index (χ1n) is 6.34. The highest BCUT2D eigenvalue weighted by Crippen LogP contribution is 2.37. The van der Waals surface area contributed by atoms with E-state index in [0.717, 1.165) is 44.1 Å². The Morgan fingerprint density at radius 3 is 3.12 bits per heavy atom. The normalized spacial score (nSPS) is 34.2. The summed E-state index contributed by atoms with van der Waals surface area (Å²) in [6.45, 7) is 5.20. The fraction of sp³-hybridized carbons (Fsp3) is 0.917. The van der Waals surface area contributed by atoms with E-state index in [0.29, 0.717) is 0 Å². The minimum atomic E-state index is -0.145. The van der Waals surface area contributed by atoms with E-state index in [1.54, 1.807) is 0 Å². The maximum atomic E-state index is 12.0. The highest BCUT2D eigenvalue weighted by Gasteiger charge is 2.36. The molecule has 0 aromatic carbocycles. The second-order valence-corrected chi connectivity index (χ2v) is 6.68. The fourth-order valence-corrected chi connectivity index (χ4v) is 3.73. The molecule has 2 heterocycles. The Kier molecular flexibility index (Phi) is 4.14. The molecule has 0 aromatic rings. The summed E-state index contributed by atoms with van der Waals surface area (Å²) in [7, 11) is 0. The highest BCUT2D eigenvalue weighted by molar-refractivity contribution is 8.01. The number of carbonyl (C=O) groups is 1. The van der Waals surface area contributed by atoms with Gasteiger partial charge in [-0.3, -0.25) is 4.79 Å². The molecular weight excluding hydrogens is 220 g/mol. The van der Waals surface area contributed by atoms with Crippen molar-refractivity contribution in [1.82, 2.24) is 10.6 Å². The van der Waals surface area contributed by atoms with Crippen LogP contribution in [0.5, 0.6) is 0 Å². The van der Waals surface area contributed by atoms with E-state index >= 15 is 0 Å². The van der Waals surface area contributed by atoms with Crippen molar-refractivity contribution in [3.05, 3.63) is 0 Å². The molecule has 2 aliphatic rings. The second kappa shape index (κ2) is 5.41. The van der Waals surface area contributed by atoms with E-state index in [4.69, 9.17) is 0 Å². The lowest BCUT2D eigenvalue weighted by molar-refractivity contribution is -0.123. The van der Waals surface area contributed by atoms with Crippen LogP contribution in [-0.2, 0) is 4.79 Å². The third-order valence-corrected chi connectivity index (χ3v) is 5.22. The quantitative estimate of drug-likeness (QED) is 0.783. The van der Waals surface area contributed by atoms with Gasteiger partial charge >= 0.3 is 0 Å². The van der Waals surface area contributed by atoms with Gasteiger partial charge in [-0.2, -0.15) is 0 Å². The minimum Gasteiger partial charge on any atom is -0.355 e. The molecule has 2 unspecified atom stereocenters. The number of amides is 1. The third-order valence-electron chi connectivity index (χ3n) is 3.70. The van der Waals surface area contributed by atoms with Gasteiger partial charge in [-0.15, -0.1) is 11.8 Å². The summed E-state index contributed by atoms with van der Waals surface area (Å²) >= 11 is 1.81. The molecule has 0 bridgehead atoms. The zero-order valence-corrected chi connectivity index (χ0v) is 10.9. The molecule has 2 N–H and O–H groups in total. The van der Waals surface area contributed by atoms with E-state index in [9.17, 15) is 4.79 Å². The van der Waals surface area contributed by atoms with Gasteiger partial charge in [-0.05, 0) is 57.4 Å². The largest absolute Gasteiger partial charge is 0.355 e.